The number of carbonyl (C=O) groups excluding carboxylic acids is 3. The number of aliphatic hydroxyl groups excluding tert-OH is 2. The average molecular weight is 506 g/mol. The quantitative estimate of drug-likeness (QED) is 0.283. The van der Waals surface area contributed by atoms with Gasteiger partial charge in [-0.05, 0) is 56.3 Å². The molecule has 3 aliphatic rings. The van der Waals surface area contributed by atoms with Gasteiger partial charge in [0, 0.05) is 35.4 Å². The van der Waals surface area contributed by atoms with E-state index in [0.29, 0.717) is 16.9 Å². The number of phenolic OH excluding ortho intramolecular Hbond substituents is 1. The van der Waals surface area contributed by atoms with Crippen LogP contribution in [0.15, 0.2) is 11.6 Å². The minimum absolute atomic E-state index is 0.0789. The van der Waals surface area contributed by atoms with Gasteiger partial charge in [0.05, 0.1) is 11.7 Å². The molecule has 0 aliphatic heterocycles. The zero-order valence-corrected chi connectivity index (χ0v) is 20.6. The fraction of sp³-hybridized carbons (Fsp3) is 0.542. The van der Waals surface area contributed by atoms with Crippen LogP contribution in [-0.2, 0) is 33.1 Å². The number of fused-ring (bicyclic) bond motifs is 3. The molecule has 3 aliphatic carbocycles. The second-order valence-corrected chi connectivity index (χ2v) is 10.7. The van der Waals surface area contributed by atoms with E-state index < -0.39 is 58.7 Å². The third kappa shape index (κ3) is 3.52. The van der Waals surface area contributed by atoms with E-state index in [1.54, 1.807) is 25.1 Å². The number of primary amides is 1. The summed E-state index contributed by atoms with van der Waals surface area (Å²) in [7, 11) is 3.23. The summed E-state index contributed by atoms with van der Waals surface area (Å²) >= 11 is 1.46. The van der Waals surface area contributed by atoms with Gasteiger partial charge in [-0.1, -0.05) is 0 Å². The van der Waals surface area contributed by atoms with Crippen LogP contribution in [0, 0.1) is 17.8 Å². The van der Waals surface area contributed by atoms with Crippen LogP contribution in [-0.4, -0.2) is 80.9 Å². The molecule has 0 bridgehead atoms. The topological polar surface area (TPSA) is 187 Å². The lowest BCUT2D eigenvalue weighted by Gasteiger charge is -2.53. The highest BCUT2D eigenvalue weighted by Crippen LogP contribution is 2.53. The molecule has 3 unspecified atom stereocenters. The second kappa shape index (κ2) is 8.90. The summed E-state index contributed by atoms with van der Waals surface area (Å²) in [6.07, 6.45) is 0.668. The molecule has 0 heterocycles. The lowest BCUT2D eigenvalue weighted by atomic mass is 9.54. The first-order chi connectivity index (χ1) is 16.4. The highest BCUT2D eigenvalue weighted by Gasteiger charge is 2.67. The number of rotatable bonds is 5. The Balaban J connectivity index is 1.94. The van der Waals surface area contributed by atoms with Crippen molar-refractivity contribution in [2.45, 2.75) is 42.9 Å². The minimum Gasteiger partial charge on any atom is -0.507 e. The van der Waals surface area contributed by atoms with Gasteiger partial charge in [0.25, 0.3) is 0 Å². The Morgan fingerprint density at radius 3 is 2.46 bits per heavy atom. The number of aliphatic hydroxyl groups is 3. The molecule has 8 N–H and O–H groups in total. The Morgan fingerprint density at radius 1 is 1.26 bits per heavy atom. The summed E-state index contributed by atoms with van der Waals surface area (Å²) in [5, 5.41) is 44.8. The Labute approximate surface area is 207 Å². The smallest absolute Gasteiger partial charge is 0.230 e. The van der Waals surface area contributed by atoms with Crippen LogP contribution in [0.5, 0.6) is 5.75 Å². The molecule has 0 saturated heterocycles. The van der Waals surface area contributed by atoms with E-state index in [9.17, 15) is 34.8 Å². The number of Topliss-reactive ketones (excluding diaryl/α,β-unsaturated/α-hetero) is 2. The summed E-state index contributed by atoms with van der Waals surface area (Å²) in [4.78, 5) is 40.8. The Bertz CT molecular complexity index is 1150. The number of carbonyl (C=O) groups is 3. The molecule has 2 saturated carbocycles. The number of benzene rings is 1. The summed E-state index contributed by atoms with van der Waals surface area (Å²) in [5.41, 5.74) is 10.5. The van der Waals surface area contributed by atoms with E-state index in [1.807, 2.05) is 6.26 Å². The van der Waals surface area contributed by atoms with E-state index in [4.69, 9.17) is 11.5 Å². The lowest BCUT2D eigenvalue weighted by Crippen LogP contribution is -2.73. The molecule has 0 aromatic heterocycles. The predicted octanol–water partition coefficient (Wildman–Crippen LogP) is -0.549. The maximum absolute atomic E-state index is 13.8. The molecular formula is C24H31N3O7S. The summed E-state index contributed by atoms with van der Waals surface area (Å²) in [6, 6.07) is 0.869. The molecule has 0 spiro atoms. The van der Waals surface area contributed by atoms with E-state index >= 15 is 0 Å². The van der Waals surface area contributed by atoms with Crippen molar-refractivity contribution in [1.82, 2.24) is 4.90 Å². The third-order valence-corrected chi connectivity index (χ3v) is 8.38. The molecule has 1 aromatic rings. The van der Waals surface area contributed by atoms with E-state index in [-0.39, 0.29) is 36.3 Å². The Hall–Kier alpha value is -2.44. The standard InChI is InChI=1S/C24H31N3O7S/c1-27(2)17-13-6-9-5-12-10(7-25)4-11(8-35-3)18(28)15(12)19(29)14(9)21(31)24(13,34)22(32)16(20(17)30)23(26)33/h4,9,13,16-17,20,28-30,34H,5-8,25H2,1-3H3,(H2,26,33)/t9?,13?,16-,17+,20?,24+/m1/s1. The largest absolute Gasteiger partial charge is 0.507 e. The zero-order chi connectivity index (χ0) is 26.0. The normalized spacial score (nSPS) is 32.4. The van der Waals surface area contributed by atoms with Gasteiger partial charge in [-0.25, -0.2) is 0 Å². The van der Waals surface area contributed by atoms with E-state index in [2.05, 4.69) is 0 Å². The van der Waals surface area contributed by atoms with E-state index in [0.717, 1.165) is 5.56 Å². The minimum atomic E-state index is -2.66. The molecule has 6 atom stereocenters. The van der Waals surface area contributed by atoms with Crippen LogP contribution in [0.3, 0.4) is 0 Å². The summed E-state index contributed by atoms with van der Waals surface area (Å²) in [6.45, 7) is 0.151. The Kier molecular flexibility index (Phi) is 6.52. The van der Waals surface area contributed by atoms with Crippen LogP contribution < -0.4 is 11.5 Å². The first kappa shape index (κ1) is 25.6. The van der Waals surface area contributed by atoms with Crippen LogP contribution >= 0.6 is 11.8 Å². The van der Waals surface area contributed by atoms with Gasteiger partial charge in [-0.2, -0.15) is 11.8 Å². The number of hydrogen-bond donors (Lipinski definition) is 6. The van der Waals surface area contributed by atoms with Gasteiger partial charge < -0.3 is 36.8 Å². The molecule has 190 valence electrons. The molecule has 2 fully saturated rings. The van der Waals surface area contributed by atoms with Crippen LogP contribution in [0.4, 0.5) is 0 Å². The number of amides is 1. The highest BCUT2D eigenvalue weighted by molar-refractivity contribution is 7.97. The van der Waals surface area contributed by atoms with E-state index in [1.165, 1.54) is 11.8 Å². The number of nitrogens with two attached hydrogens (primary N) is 2. The number of aromatic hydroxyl groups is 1. The molecule has 0 radical (unpaired) electrons. The van der Waals surface area contributed by atoms with Gasteiger partial charge in [-0.15, -0.1) is 0 Å². The molecule has 35 heavy (non-hydrogen) atoms. The molecule has 10 nitrogen and oxygen atoms in total. The maximum atomic E-state index is 13.8. The number of nitrogens with zero attached hydrogens (tertiary/aromatic N) is 1. The third-order valence-electron chi connectivity index (χ3n) is 7.78. The van der Waals surface area contributed by atoms with Crippen LogP contribution in [0.25, 0.3) is 5.76 Å². The van der Waals surface area contributed by atoms with Crippen molar-refractivity contribution in [1.29, 1.82) is 0 Å². The van der Waals surface area contributed by atoms with Gasteiger partial charge in [0.15, 0.2) is 11.4 Å². The lowest BCUT2D eigenvalue weighted by molar-refractivity contribution is -0.184. The Morgan fingerprint density at radius 2 is 1.91 bits per heavy atom. The van der Waals surface area contributed by atoms with Crippen molar-refractivity contribution < 1.29 is 34.8 Å². The van der Waals surface area contributed by atoms with Crippen molar-refractivity contribution >= 4 is 35.0 Å². The average Bonchev–Trinajstić information content (AvgIpc) is 2.77. The molecule has 1 amide bonds. The number of ketones is 2. The van der Waals surface area contributed by atoms with Crippen LogP contribution in [0.2, 0.25) is 0 Å². The maximum Gasteiger partial charge on any atom is 0.230 e. The first-order valence-electron chi connectivity index (χ1n) is 11.4. The summed E-state index contributed by atoms with van der Waals surface area (Å²) in [5.74, 6) is -7.00. The van der Waals surface area contributed by atoms with Crippen molar-refractivity contribution in [3.63, 3.8) is 0 Å². The SMILES string of the molecule is CSCc1cc(CN)c2c(c1O)C(O)=C1C(=O)[C@]3(O)C(=O)[C@H](C(N)=O)C(O)[C@@H](N(C)C)C3CC1C2. The van der Waals surface area contributed by atoms with Crippen molar-refractivity contribution in [3.8, 4) is 5.75 Å². The number of thioether (sulfide) groups is 1. The zero-order valence-electron chi connectivity index (χ0n) is 19.8. The fourth-order valence-electron chi connectivity index (χ4n) is 6.26. The molecule has 11 heteroatoms. The number of hydrogen-bond acceptors (Lipinski definition) is 10. The van der Waals surface area contributed by atoms with Gasteiger partial charge >= 0.3 is 0 Å². The number of phenols is 1. The summed E-state index contributed by atoms with van der Waals surface area (Å²) < 4.78 is 0. The first-order valence-corrected chi connectivity index (χ1v) is 12.7. The predicted molar refractivity (Wildman–Crippen MR) is 129 cm³/mol. The molecule has 1 aromatic carbocycles. The fourth-order valence-corrected chi connectivity index (χ4v) is 6.79. The van der Waals surface area contributed by atoms with Gasteiger partial charge in [0.1, 0.15) is 17.4 Å². The van der Waals surface area contributed by atoms with Crippen molar-refractivity contribution in [3.05, 3.63) is 33.9 Å². The monoisotopic (exact) mass is 505 g/mol. The van der Waals surface area contributed by atoms with Crippen molar-refractivity contribution in [2.24, 2.45) is 29.2 Å². The number of likely N-dealkylation sites (N-methyl/N-ethyl adjacent to an activating group) is 1. The van der Waals surface area contributed by atoms with Crippen molar-refractivity contribution in [2.75, 3.05) is 20.4 Å². The van der Waals surface area contributed by atoms with Gasteiger partial charge in [0.2, 0.25) is 11.7 Å². The van der Waals surface area contributed by atoms with Crippen LogP contribution in [0.1, 0.15) is 28.7 Å². The molecule has 4 rings (SSSR count). The van der Waals surface area contributed by atoms with Gasteiger partial charge in [-0.3, -0.25) is 14.4 Å². The second-order valence-electron chi connectivity index (χ2n) is 9.82. The molecular weight excluding hydrogens is 474 g/mol. The highest BCUT2D eigenvalue weighted by atomic mass is 32.2.